The number of hydrogen-bond acceptors (Lipinski definition) is 3. The molecular formula is C14H20Cl2N2O. The molecule has 1 aliphatic heterocycles. The maximum atomic E-state index is 6.29. The molecule has 0 radical (unpaired) electrons. The summed E-state index contributed by atoms with van der Waals surface area (Å²) >= 11 is 12.2. The summed E-state index contributed by atoms with van der Waals surface area (Å²) in [7, 11) is 0. The molecule has 1 fully saturated rings. The molecule has 3 nitrogen and oxygen atoms in total. The molecule has 2 rings (SSSR count). The van der Waals surface area contributed by atoms with Crippen LogP contribution < -0.4 is 5.73 Å². The van der Waals surface area contributed by atoms with Crippen LogP contribution in [0, 0.1) is 0 Å². The lowest BCUT2D eigenvalue weighted by atomic mass is 10.0. The first-order chi connectivity index (χ1) is 9.15. The Bertz CT molecular complexity index is 428. The molecule has 106 valence electrons. The molecular weight excluding hydrogens is 283 g/mol. The van der Waals surface area contributed by atoms with Gasteiger partial charge in [0.25, 0.3) is 0 Å². The fourth-order valence-corrected chi connectivity index (χ4v) is 3.05. The third kappa shape index (κ3) is 3.61. The van der Waals surface area contributed by atoms with E-state index in [1.165, 1.54) is 0 Å². The third-order valence-electron chi connectivity index (χ3n) is 3.61. The highest BCUT2D eigenvalue weighted by Gasteiger charge is 2.27. The number of nitrogens with two attached hydrogens (primary N) is 1. The Morgan fingerprint density at radius 2 is 2.26 bits per heavy atom. The van der Waals surface area contributed by atoms with Gasteiger partial charge in [-0.15, -0.1) is 0 Å². The summed E-state index contributed by atoms with van der Waals surface area (Å²) in [6.07, 6.45) is 1.30. The SMILES string of the molecule is CCC1CN(C(CN)c2ccc(Cl)cc2Cl)CCO1. The van der Waals surface area contributed by atoms with Gasteiger partial charge < -0.3 is 10.5 Å². The Morgan fingerprint density at radius 1 is 1.47 bits per heavy atom. The van der Waals surface area contributed by atoms with Crippen LogP contribution in [0.3, 0.4) is 0 Å². The standard InChI is InChI=1S/C14H20Cl2N2O/c1-2-11-9-18(5-6-19-11)14(8-17)12-4-3-10(15)7-13(12)16/h3-4,7,11,14H,2,5-6,8-9,17H2,1H3. The first-order valence-corrected chi connectivity index (χ1v) is 7.42. The highest BCUT2D eigenvalue weighted by Crippen LogP contribution is 2.30. The van der Waals surface area contributed by atoms with E-state index in [0.717, 1.165) is 31.7 Å². The topological polar surface area (TPSA) is 38.5 Å². The quantitative estimate of drug-likeness (QED) is 0.929. The zero-order valence-corrected chi connectivity index (χ0v) is 12.6. The number of halogens is 2. The van der Waals surface area contributed by atoms with Gasteiger partial charge in [-0.1, -0.05) is 36.2 Å². The van der Waals surface area contributed by atoms with E-state index in [2.05, 4.69) is 11.8 Å². The average Bonchev–Trinajstić information content (AvgIpc) is 2.42. The summed E-state index contributed by atoms with van der Waals surface area (Å²) in [5.41, 5.74) is 7.00. The fourth-order valence-electron chi connectivity index (χ4n) is 2.52. The summed E-state index contributed by atoms with van der Waals surface area (Å²) in [5.74, 6) is 0. The van der Waals surface area contributed by atoms with Crippen LogP contribution in [0.5, 0.6) is 0 Å². The van der Waals surface area contributed by atoms with Crippen molar-refractivity contribution >= 4 is 23.2 Å². The van der Waals surface area contributed by atoms with E-state index in [9.17, 15) is 0 Å². The molecule has 1 heterocycles. The minimum atomic E-state index is 0.128. The molecule has 0 aliphatic carbocycles. The smallest absolute Gasteiger partial charge is 0.0700 e. The molecule has 1 aromatic carbocycles. The summed E-state index contributed by atoms with van der Waals surface area (Å²) < 4.78 is 5.70. The van der Waals surface area contributed by atoms with Crippen LogP contribution in [0.1, 0.15) is 24.9 Å². The third-order valence-corrected chi connectivity index (χ3v) is 4.17. The number of nitrogens with zero attached hydrogens (tertiary/aromatic N) is 1. The second-order valence-electron chi connectivity index (χ2n) is 4.81. The van der Waals surface area contributed by atoms with Gasteiger partial charge in [0.1, 0.15) is 0 Å². The van der Waals surface area contributed by atoms with E-state index < -0.39 is 0 Å². The predicted molar refractivity (Wildman–Crippen MR) is 79.9 cm³/mol. The minimum absolute atomic E-state index is 0.128. The van der Waals surface area contributed by atoms with Crippen molar-refractivity contribution in [2.45, 2.75) is 25.5 Å². The Labute approximate surface area is 124 Å². The first-order valence-electron chi connectivity index (χ1n) is 6.66. The normalized spacial score (nSPS) is 22.4. The van der Waals surface area contributed by atoms with Crippen LogP contribution in [0.2, 0.25) is 10.0 Å². The van der Waals surface area contributed by atoms with Crippen molar-refractivity contribution in [3.8, 4) is 0 Å². The lowest BCUT2D eigenvalue weighted by molar-refractivity contribution is -0.0437. The molecule has 2 unspecified atom stereocenters. The van der Waals surface area contributed by atoms with Crippen molar-refractivity contribution in [2.24, 2.45) is 5.73 Å². The van der Waals surface area contributed by atoms with Crippen molar-refractivity contribution in [3.05, 3.63) is 33.8 Å². The number of rotatable bonds is 4. The molecule has 2 N–H and O–H groups in total. The van der Waals surface area contributed by atoms with Crippen molar-refractivity contribution < 1.29 is 4.74 Å². The second-order valence-corrected chi connectivity index (χ2v) is 5.66. The molecule has 2 atom stereocenters. The summed E-state index contributed by atoms with van der Waals surface area (Å²) in [5, 5.41) is 1.33. The molecule has 0 aromatic heterocycles. The molecule has 5 heteroatoms. The van der Waals surface area contributed by atoms with Gasteiger partial charge in [0.05, 0.1) is 12.7 Å². The van der Waals surface area contributed by atoms with Gasteiger partial charge in [0, 0.05) is 35.7 Å². The predicted octanol–water partition coefficient (Wildman–Crippen LogP) is 3.10. The maximum Gasteiger partial charge on any atom is 0.0700 e. The Hall–Kier alpha value is -0.320. The lowest BCUT2D eigenvalue weighted by Gasteiger charge is -2.38. The number of hydrogen-bond donors (Lipinski definition) is 1. The van der Waals surface area contributed by atoms with Gasteiger partial charge in [-0.05, 0) is 24.1 Å². The molecule has 0 bridgehead atoms. The van der Waals surface area contributed by atoms with E-state index in [1.54, 1.807) is 6.07 Å². The summed E-state index contributed by atoms with van der Waals surface area (Å²) in [6.45, 7) is 5.22. The van der Waals surface area contributed by atoms with Crippen LogP contribution >= 0.6 is 23.2 Å². The second kappa shape index (κ2) is 6.91. The van der Waals surface area contributed by atoms with Gasteiger partial charge in [-0.2, -0.15) is 0 Å². The van der Waals surface area contributed by atoms with Crippen molar-refractivity contribution in [1.29, 1.82) is 0 Å². The van der Waals surface area contributed by atoms with E-state index >= 15 is 0 Å². The van der Waals surface area contributed by atoms with Gasteiger partial charge in [-0.3, -0.25) is 4.90 Å². The molecule has 0 amide bonds. The first kappa shape index (κ1) is 15.1. The Kier molecular flexibility index (Phi) is 5.48. The van der Waals surface area contributed by atoms with E-state index in [1.807, 2.05) is 12.1 Å². The summed E-state index contributed by atoms with van der Waals surface area (Å²) in [4.78, 5) is 2.35. The zero-order valence-electron chi connectivity index (χ0n) is 11.1. The van der Waals surface area contributed by atoms with Crippen LogP contribution in [0.15, 0.2) is 18.2 Å². The Morgan fingerprint density at radius 3 is 2.89 bits per heavy atom. The molecule has 1 saturated heterocycles. The van der Waals surface area contributed by atoms with Crippen molar-refractivity contribution in [2.75, 3.05) is 26.2 Å². The molecule has 0 spiro atoms. The molecule has 0 saturated carbocycles. The molecule has 19 heavy (non-hydrogen) atoms. The summed E-state index contributed by atoms with van der Waals surface area (Å²) in [6, 6.07) is 5.74. The Balaban J connectivity index is 2.19. The number of benzene rings is 1. The van der Waals surface area contributed by atoms with Gasteiger partial charge in [-0.25, -0.2) is 0 Å². The minimum Gasteiger partial charge on any atom is -0.376 e. The van der Waals surface area contributed by atoms with Crippen molar-refractivity contribution in [3.63, 3.8) is 0 Å². The van der Waals surface area contributed by atoms with Crippen LogP contribution in [0.4, 0.5) is 0 Å². The molecule has 1 aromatic rings. The largest absolute Gasteiger partial charge is 0.376 e. The van der Waals surface area contributed by atoms with E-state index in [0.29, 0.717) is 16.6 Å². The monoisotopic (exact) mass is 302 g/mol. The molecule has 1 aliphatic rings. The van der Waals surface area contributed by atoms with Crippen LogP contribution in [-0.2, 0) is 4.74 Å². The average molecular weight is 303 g/mol. The highest BCUT2D eigenvalue weighted by atomic mass is 35.5. The highest BCUT2D eigenvalue weighted by molar-refractivity contribution is 6.35. The zero-order chi connectivity index (χ0) is 13.8. The maximum absolute atomic E-state index is 6.29. The number of morpholine rings is 1. The van der Waals surface area contributed by atoms with E-state index in [4.69, 9.17) is 33.7 Å². The van der Waals surface area contributed by atoms with Crippen molar-refractivity contribution in [1.82, 2.24) is 4.90 Å². The number of ether oxygens (including phenoxy) is 1. The van der Waals surface area contributed by atoms with Crippen LogP contribution in [0.25, 0.3) is 0 Å². The fraction of sp³-hybridized carbons (Fsp3) is 0.571. The lowest BCUT2D eigenvalue weighted by Crippen LogP contribution is -2.46. The van der Waals surface area contributed by atoms with E-state index in [-0.39, 0.29) is 12.1 Å². The van der Waals surface area contributed by atoms with Gasteiger partial charge in [0.2, 0.25) is 0 Å². The van der Waals surface area contributed by atoms with Crippen LogP contribution in [-0.4, -0.2) is 37.2 Å². The van der Waals surface area contributed by atoms with Gasteiger partial charge in [0.15, 0.2) is 0 Å². The van der Waals surface area contributed by atoms with Gasteiger partial charge >= 0.3 is 0 Å².